The largest absolute Gasteiger partial charge is 0.446 e. The van der Waals surface area contributed by atoms with E-state index in [4.69, 9.17) is 10.5 Å². The molecule has 3 N–H and O–H groups in total. The summed E-state index contributed by atoms with van der Waals surface area (Å²) in [5, 5.41) is 0. The SMILES string of the molecule is CC(C)OC(=O)NS(=O)(=O)N1CCCCCC1CN. The first-order valence-electron chi connectivity index (χ1n) is 6.57. The standard InChI is InChI=1S/C11H23N3O4S/c1-9(2)18-11(15)13-19(16,17)14-7-5-3-4-6-10(14)8-12/h9-10H,3-8,12H2,1-2H3,(H,13,15). The number of carbonyl (C=O) groups is 1. The van der Waals surface area contributed by atoms with Crippen molar-refractivity contribution >= 4 is 16.3 Å². The van der Waals surface area contributed by atoms with E-state index in [0.717, 1.165) is 25.7 Å². The summed E-state index contributed by atoms with van der Waals surface area (Å²) in [6.07, 6.45) is 2.09. The number of nitrogens with one attached hydrogen (secondary N) is 1. The molecule has 0 aliphatic carbocycles. The Morgan fingerprint density at radius 2 is 2.11 bits per heavy atom. The summed E-state index contributed by atoms with van der Waals surface area (Å²) in [7, 11) is -3.88. The van der Waals surface area contributed by atoms with E-state index in [9.17, 15) is 13.2 Å². The molecule has 1 aliphatic heterocycles. The maximum Gasteiger partial charge on any atom is 0.422 e. The van der Waals surface area contributed by atoms with Crippen LogP contribution in [0.5, 0.6) is 0 Å². The van der Waals surface area contributed by atoms with Crippen LogP contribution in [-0.4, -0.2) is 44.1 Å². The van der Waals surface area contributed by atoms with Crippen LogP contribution in [0.2, 0.25) is 0 Å². The minimum Gasteiger partial charge on any atom is -0.446 e. The second kappa shape index (κ2) is 7.06. The highest BCUT2D eigenvalue weighted by Gasteiger charge is 2.32. The molecule has 1 heterocycles. The average molecular weight is 293 g/mol. The summed E-state index contributed by atoms with van der Waals surface area (Å²) >= 11 is 0. The van der Waals surface area contributed by atoms with Gasteiger partial charge in [-0.1, -0.05) is 12.8 Å². The fraction of sp³-hybridized carbons (Fsp3) is 0.909. The van der Waals surface area contributed by atoms with Gasteiger partial charge in [-0.05, 0) is 26.7 Å². The van der Waals surface area contributed by atoms with Gasteiger partial charge in [0.15, 0.2) is 0 Å². The van der Waals surface area contributed by atoms with Gasteiger partial charge in [-0.2, -0.15) is 12.7 Å². The number of nitrogens with two attached hydrogens (primary N) is 1. The molecule has 1 unspecified atom stereocenters. The third-order valence-corrected chi connectivity index (χ3v) is 4.48. The van der Waals surface area contributed by atoms with Crippen molar-refractivity contribution in [2.45, 2.75) is 51.7 Å². The Labute approximate surface area is 114 Å². The lowest BCUT2D eigenvalue weighted by Crippen LogP contribution is -2.50. The Bertz CT molecular complexity index is 397. The van der Waals surface area contributed by atoms with E-state index in [1.165, 1.54) is 4.31 Å². The van der Waals surface area contributed by atoms with Crippen LogP contribution in [0.1, 0.15) is 39.5 Å². The van der Waals surface area contributed by atoms with Crippen LogP contribution >= 0.6 is 0 Å². The molecule has 1 rings (SSSR count). The molecular formula is C11H23N3O4S. The van der Waals surface area contributed by atoms with E-state index in [-0.39, 0.29) is 18.7 Å². The molecule has 0 aromatic rings. The second-order valence-corrected chi connectivity index (χ2v) is 6.53. The lowest BCUT2D eigenvalue weighted by molar-refractivity contribution is 0.120. The Balaban J connectivity index is 2.75. The van der Waals surface area contributed by atoms with Crippen molar-refractivity contribution in [3.63, 3.8) is 0 Å². The van der Waals surface area contributed by atoms with Gasteiger partial charge in [0, 0.05) is 19.1 Å². The van der Waals surface area contributed by atoms with Gasteiger partial charge in [0.1, 0.15) is 0 Å². The van der Waals surface area contributed by atoms with Crippen molar-refractivity contribution in [3.05, 3.63) is 0 Å². The molecule has 1 aliphatic rings. The van der Waals surface area contributed by atoms with E-state index >= 15 is 0 Å². The van der Waals surface area contributed by atoms with Gasteiger partial charge in [0.25, 0.3) is 0 Å². The van der Waals surface area contributed by atoms with Gasteiger partial charge in [-0.25, -0.2) is 9.52 Å². The minimum atomic E-state index is -3.88. The summed E-state index contributed by atoms with van der Waals surface area (Å²) in [4.78, 5) is 11.4. The van der Waals surface area contributed by atoms with Gasteiger partial charge < -0.3 is 10.5 Å². The van der Waals surface area contributed by atoms with E-state index in [0.29, 0.717) is 6.54 Å². The molecule has 0 radical (unpaired) electrons. The number of amides is 1. The number of nitrogens with zero attached hydrogens (tertiary/aromatic N) is 1. The van der Waals surface area contributed by atoms with Gasteiger partial charge in [-0.15, -0.1) is 0 Å². The molecule has 1 fully saturated rings. The number of hydrogen-bond acceptors (Lipinski definition) is 5. The lowest BCUT2D eigenvalue weighted by atomic mass is 10.1. The van der Waals surface area contributed by atoms with Crippen LogP contribution < -0.4 is 10.5 Å². The van der Waals surface area contributed by atoms with Crippen LogP contribution in [0.3, 0.4) is 0 Å². The predicted molar refractivity (Wildman–Crippen MR) is 71.7 cm³/mol. The summed E-state index contributed by atoms with van der Waals surface area (Å²) in [5.74, 6) is 0. The van der Waals surface area contributed by atoms with Crippen molar-refractivity contribution in [1.82, 2.24) is 9.03 Å². The molecule has 1 atom stereocenters. The molecule has 7 nitrogen and oxygen atoms in total. The van der Waals surface area contributed by atoms with E-state index in [1.54, 1.807) is 13.8 Å². The molecule has 1 amide bonds. The molecule has 1 saturated heterocycles. The van der Waals surface area contributed by atoms with Gasteiger partial charge in [-0.3, -0.25) is 0 Å². The highest BCUT2D eigenvalue weighted by Crippen LogP contribution is 2.18. The summed E-state index contributed by atoms with van der Waals surface area (Å²) in [5.41, 5.74) is 5.62. The van der Waals surface area contributed by atoms with Gasteiger partial charge >= 0.3 is 16.3 Å². The predicted octanol–water partition coefficient (Wildman–Crippen LogP) is 0.569. The molecule has 0 bridgehead atoms. The smallest absolute Gasteiger partial charge is 0.422 e. The van der Waals surface area contributed by atoms with E-state index < -0.39 is 16.3 Å². The molecular weight excluding hydrogens is 270 g/mol. The molecule has 8 heteroatoms. The molecule has 0 aromatic heterocycles. The Kier molecular flexibility index (Phi) is 6.02. The maximum atomic E-state index is 12.2. The summed E-state index contributed by atoms with van der Waals surface area (Å²) in [6, 6.07) is -0.258. The molecule has 19 heavy (non-hydrogen) atoms. The van der Waals surface area contributed by atoms with Crippen LogP contribution in [-0.2, 0) is 14.9 Å². The van der Waals surface area contributed by atoms with Crippen molar-refractivity contribution < 1.29 is 17.9 Å². The molecule has 0 saturated carbocycles. The first-order chi connectivity index (χ1) is 8.86. The number of rotatable bonds is 4. The summed E-state index contributed by atoms with van der Waals surface area (Å²) < 4.78 is 32.3. The second-order valence-electron chi connectivity index (χ2n) is 4.91. The number of carbonyl (C=O) groups excluding carboxylic acids is 1. The number of hydrogen-bond donors (Lipinski definition) is 2. The Hall–Kier alpha value is -0.860. The van der Waals surface area contributed by atoms with Gasteiger partial charge in [0.2, 0.25) is 0 Å². The zero-order valence-corrected chi connectivity index (χ0v) is 12.3. The maximum absolute atomic E-state index is 12.2. The molecule has 0 spiro atoms. The first-order valence-corrected chi connectivity index (χ1v) is 8.01. The fourth-order valence-corrected chi connectivity index (χ4v) is 3.43. The van der Waals surface area contributed by atoms with Crippen LogP contribution in [0.4, 0.5) is 4.79 Å². The zero-order chi connectivity index (χ0) is 14.5. The van der Waals surface area contributed by atoms with Crippen molar-refractivity contribution in [3.8, 4) is 0 Å². The third kappa shape index (κ3) is 4.96. The van der Waals surface area contributed by atoms with Gasteiger partial charge in [0.05, 0.1) is 6.10 Å². The summed E-state index contributed by atoms with van der Waals surface area (Å²) in [6.45, 7) is 3.94. The van der Waals surface area contributed by atoms with Crippen LogP contribution in [0.15, 0.2) is 0 Å². The Morgan fingerprint density at radius 1 is 1.42 bits per heavy atom. The van der Waals surface area contributed by atoms with Crippen molar-refractivity contribution in [2.24, 2.45) is 5.73 Å². The molecule has 0 aromatic carbocycles. The van der Waals surface area contributed by atoms with E-state index in [1.807, 2.05) is 4.72 Å². The average Bonchev–Trinajstić information content (AvgIpc) is 2.51. The topological polar surface area (TPSA) is 102 Å². The minimum absolute atomic E-state index is 0.250. The molecule has 112 valence electrons. The van der Waals surface area contributed by atoms with E-state index in [2.05, 4.69) is 0 Å². The number of ether oxygens (including phenoxy) is 1. The monoisotopic (exact) mass is 293 g/mol. The zero-order valence-electron chi connectivity index (χ0n) is 11.5. The highest BCUT2D eigenvalue weighted by molar-refractivity contribution is 7.87. The van der Waals surface area contributed by atoms with Crippen LogP contribution in [0, 0.1) is 0 Å². The fourth-order valence-electron chi connectivity index (χ4n) is 2.10. The quantitative estimate of drug-likeness (QED) is 0.789. The normalized spacial score (nSPS) is 22.0. The lowest BCUT2D eigenvalue weighted by Gasteiger charge is -2.27. The highest BCUT2D eigenvalue weighted by atomic mass is 32.2. The Morgan fingerprint density at radius 3 is 2.68 bits per heavy atom. The van der Waals surface area contributed by atoms with Crippen molar-refractivity contribution in [1.29, 1.82) is 0 Å². The van der Waals surface area contributed by atoms with Crippen molar-refractivity contribution in [2.75, 3.05) is 13.1 Å². The third-order valence-electron chi connectivity index (χ3n) is 2.96. The first kappa shape index (κ1) is 16.2. The van der Waals surface area contributed by atoms with Crippen LogP contribution in [0.25, 0.3) is 0 Å².